The van der Waals surface area contributed by atoms with Gasteiger partial charge < -0.3 is 9.47 Å². The molecule has 0 bridgehead atoms. The van der Waals surface area contributed by atoms with Crippen LogP contribution in [0.25, 0.3) is 6.08 Å². The van der Waals surface area contributed by atoms with Gasteiger partial charge >= 0.3 is 0 Å². The van der Waals surface area contributed by atoms with Gasteiger partial charge in [-0.3, -0.25) is 19.8 Å². The number of thiocarbonyl (C=S) groups is 1. The van der Waals surface area contributed by atoms with Crippen molar-refractivity contribution >= 4 is 35.2 Å². The predicted molar refractivity (Wildman–Crippen MR) is 99.6 cm³/mol. The molecule has 6 nitrogen and oxygen atoms in total. The third-order valence-corrected chi connectivity index (χ3v) is 4.02. The van der Waals surface area contributed by atoms with Crippen LogP contribution in [0.4, 0.5) is 0 Å². The second kappa shape index (κ2) is 7.94. The molecule has 0 aliphatic carbocycles. The fourth-order valence-electron chi connectivity index (χ4n) is 2.45. The van der Waals surface area contributed by atoms with Crippen molar-refractivity contribution in [3.05, 3.63) is 41.5 Å². The average molecular weight is 360 g/mol. The minimum Gasteiger partial charge on any atom is -0.493 e. The molecule has 2 rings (SSSR count). The lowest BCUT2D eigenvalue weighted by atomic mass is 10.0. The lowest BCUT2D eigenvalue weighted by Gasteiger charge is -2.25. The molecule has 132 valence electrons. The molecule has 1 N–H and O–H groups in total. The van der Waals surface area contributed by atoms with Gasteiger partial charge in [-0.25, -0.2) is 0 Å². The Balaban J connectivity index is 2.53. The Morgan fingerprint density at radius 3 is 2.68 bits per heavy atom. The van der Waals surface area contributed by atoms with Crippen molar-refractivity contribution in [3.63, 3.8) is 0 Å². The van der Waals surface area contributed by atoms with Crippen LogP contribution in [0.1, 0.15) is 18.1 Å². The van der Waals surface area contributed by atoms with E-state index in [1.165, 1.54) is 25.1 Å². The van der Waals surface area contributed by atoms with Gasteiger partial charge in [0.15, 0.2) is 16.6 Å². The molecule has 0 unspecified atom stereocenters. The number of ether oxygens (including phenoxy) is 2. The van der Waals surface area contributed by atoms with E-state index in [2.05, 4.69) is 11.9 Å². The van der Waals surface area contributed by atoms with Gasteiger partial charge in [0.2, 0.25) is 0 Å². The molecule has 1 saturated heterocycles. The van der Waals surface area contributed by atoms with Crippen LogP contribution in [0.3, 0.4) is 0 Å². The first-order valence-corrected chi connectivity index (χ1v) is 8.13. The van der Waals surface area contributed by atoms with E-state index >= 15 is 0 Å². The number of hydrogen-bond donors (Lipinski definition) is 1. The number of rotatable bonds is 6. The van der Waals surface area contributed by atoms with Crippen molar-refractivity contribution in [1.82, 2.24) is 10.2 Å². The second-order valence-electron chi connectivity index (χ2n) is 5.32. The minimum absolute atomic E-state index is 0.00636. The molecule has 0 spiro atoms. The summed E-state index contributed by atoms with van der Waals surface area (Å²) in [5.74, 6) is 0.184. The molecule has 0 atom stereocenters. The Morgan fingerprint density at radius 1 is 1.36 bits per heavy atom. The fraction of sp³-hybridized carbons (Fsp3) is 0.278. The SMILES string of the molecule is C=CCc1cc(C=C2C(=O)NC(=S)N(C)C2=O)cc(OC)c1OCC. The van der Waals surface area contributed by atoms with E-state index in [1.54, 1.807) is 12.1 Å². The van der Waals surface area contributed by atoms with Crippen LogP contribution in [0.5, 0.6) is 11.5 Å². The maximum Gasteiger partial charge on any atom is 0.265 e. The first kappa shape index (κ1) is 18.7. The van der Waals surface area contributed by atoms with Crippen LogP contribution < -0.4 is 14.8 Å². The van der Waals surface area contributed by atoms with Gasteiger partial charge in [-0.15, -0.1) is 6.58 Å². The number of nitrogens with zero attached hydrogens (tertiary/aromatic N) is 1. The standard InChI is InChI=1S/C18H20N2O4S/c1-5-7-12-8-11(10-14(23-4)15(12)24-6-2)9-13-16(21)19-18(25)20(3)17(13)22/h5,8-10H,1,6-7H2,2-4H3,(H,19,21,25). The number of benzene rings is 1. The molecule has 1 aromatic carbocycles. The first-order chi connectivity index (χ1) is 11.9. The Bertz CT molecular complexity index is 771. The monoisotopic (exact) mass is 360 g/mol. The summed E-state index contributed by atoms with van der Waals surface area (Å²) in [4.78, 5) is 25.7. The average Bonchev–Trinajstić information content (AvgIpc) is 2.59. The topological polar surface area (TPSA) is 67.9 Å². The summed E-state index contributed by atoms with van der Waals surface area (Å²) in [6.07, 6.45) is 3.83. The van der Waals surface area contributed by atoms with Crippen LogP contribution in [-0.2, 0) is 16.0 Å². The van der Waals surface area contributed by atoms with Gasteiger partial charge in [0.25, 0.3) is 11.8 Å². The Morgan fingerprint density at radius 2 is 2.08 bits per heavy atom. The quantitative estimate of drug-likeness (QED) is 0.364. The largest absolute Gasteiger partial charge is 0.493 e. The van der Waals surface area contributed by atoms with E-state index in [-0.39, 0.29) is 10.7 Å². The zero-order valence-corrected chi connectivity index (χ0v) is 15.2. The van der Waals surface area contributed by atoms with Crippen LogP contribution in [0.2, 0.25) is 0 Å². The maximum atomic E-state index is 12.3. The number of carbonyl (C=O) groups is 2. The molecular weight excluding hydrogens is 340 g/mol. The third kappa shape index (κ3) is 3.88. The molecular formula is C18H20N2O4S. The lowest BCUT2D eigenvalue weighted by molar-refractivity contribution is -0.128. The number of likely N-dealkylation sites (N-methyl/N-ethyl adjacent to an activating group) is 1. The van der Waals surface area contributed by atoms with Gasteiger partial charge in [0.1, 0.15) is 5.57 Å². The highest BCUT2D eigenvalue weighted by Gasteiger charge is 2.30. The number of carbonyl (C=O) groups excluding carboxylic acids is 2. The van der Waals surface area contributed by atoms with Gasteiger partial charge in [-0.2, -0.15) is 0 Å². The zero-order valence-electron chi connectivity index (χ0n) is 14.4. The fourth-order valence-corrected chi connectivity index (χ4v) is 2.62. The molecule has 1 fully saturated rings. The number of methoxy groups -OCH3 is 1. The number of amides is 2. The van der Waals surface area contributed by atoms with Crippen LogP contribution in [-0.4, -0.2) is 42.6 Å². The highest BCUT2D eigenvalue weighted by molar-refractivity contribution is 7.80. The highest BCUT2D eigenvalue weighted by atomic mass is 32.1. The maximum absolute atomic E-state index is 12.3. The molecule has 1 aromatic rings. The van der Waals surface area contributed by atoms with Crippen molar-refractivity contribution in [1.29, 1.82) is 0 Å². The van der Waals surface area contributed by atoms with Gasteiger partial charge in [0, 0.05) is 12.6 Å². The predicted octanol–water partition coefficient (Wildman–Crippen LogP) is 2.08. The van der Waals surface area contributed by atoms with Crippen molar-refractivity contribution in [2.45, 2.75) is 13.3 Å². The molecule has 0 radical (unpaired) electrons. The molecule has 0 saturated carbocycles. The Labute approximate surface area is 152 Å². The smallest absolute Gasteiger partial charge is 0.265 e. The van der Waals surface area contributed by atoms with E-state index < -0.39 is 11.8 Å². The highest BCUT2D eigenvalue weighted by Crippen LogP contribution is 2.34. The van der Waals surface area contributed by atoms with Gasteiger partial charge in [0.05, 0.1) is 13.7 Å². The number of hydrogen-bond acceptors (Lipinski definition) is 5. The molecule has 0 aromatic heterocycles. The normalized spacial score (nSPS) is 16.0. The molecule has 7 heteroatoms. The first-order valence-electron chi connectivity index (χ1n) is 7.72. The third-order valence-electron chi connectivity index (χ3n) is 3.64. The lowest BCUT2D eigenvalue weighted by Crippen LogP contribution is -2.52. The second-order valence-corrected chi connectivity index (χ2v) is 5.71. The molecule has 25 heavy (non-hydrogen) atoms. The van der Waals surface area contributed by atoms with Crippen LogP contribution >= 0.6 is 12.2 Å². The zero-order chi connectivity index (χ0) is 18.6. The van der Waals surface area contributed by atoms with Gasteiger partial charge in [-0.1, -0.05) is 6.08 Å². The van der Waals surface area contributed by atoms with Crippen LogP contribution in [0.15, 0.2) is 30.4 Å². The summed E-state index contributed by atoms with van der Waals surface area (Å²) in [6.45, 7) is 6.13. The summed E-state index contributed by atoms with van der Waals surface area (Å²) in [5, 5.41) is 2.57. The van der Waals surface area contributed by atoms with E-state index in [0.717, 1.165) is 5.56 Å². The van der Waals surface area contributed by atoms with Crippen molar-refractivity contribution in [3.8, 4) is 11.5 Å². The summed E-state index contributed by atoms with van der Waals surface area (Å²) in [6, 6.07) is 3.56. The summed E-state index contributed by atoms with van der Waals surface area (Å²) >= 11 is 4.94. The molecule has 1 aliphatic heterocycles. The van der Waals surface area contributed by atoms with E-state index in [1.807, 2.05) is 13.0 Å². The molecule has 1 heterocycles. The summed E-state index contributed by atoms with van der Waals surface area (Å²) in [7, 11) is 3.05. The molecule has 1 aliphatic rings. The van der Waals surface area contributed by atoms with Crippen molar-refractivity contribution < 1.29 is 19.1 Å². The minimum atomic E-state index is -0.522. The van der Waals surface area contributed by atoms with Gasteiger partial charge in [-0.05, 0) is 49.3 Å². The van der Waals surface area contributed by atoms with Crippen molar-refractivity contribution in [2.24, 2.45) is 0 Å². The van der Waals surface area contributed by atoms with Crippen LogP contribution in [0, 0.1) is 0 Å². The molecule has 2 amide bonds. The summed E-state index contributed by atoms with van der Waals surface area (Å²) < 4.78 is 11.1. The van der Waals surface area contributed by atoms with E-state index in [4.69, 9.17) is 21.7 Å². The Hall–Kier alpha value is -2.67. The van der Waals surface area contributed by atoms with E-state index in [9.17, 15) is 9.59 Å². The van der Waals surface area contributed by atoms with E-state index in [0.29, 0.717) is 30.1 Å². The summed E-state index contributed by atoms with van der Waals surface area (Å²) in [5.41, 5.74) is 1.51. The number of nitrogens with one attached hydrogen (secondary N) is 1. The Kier molecular flexibility index (Phi) is 5.93. The van der Waals surface area contributed by atoms with Crippen molar-refractivity contribution in [2.75, 3.05) is 20.8 Å². The number of allylic oxidation sites excluding steroid dienone is 1.